The predicted octanol–water partition coefficient (Wildman–Crippen LogP) is 7.64. The number of hydrogen-bond acceptors (Lipinski definition) is 26. The minimum atomic E-state index is -5.42. The van der Waals surface area contributed by atoms with Crippen molar-refractivity contribution in [2.24, 2.45) is 25.6 Å². The fourth-order valence-electron chi connectivity index (χ4n) is 8.56. The van der Waals surface area contributed by atoms with E-state index in [1.807, 2.05) is 0 Å². The normalized spacial score (nSPS) is 13.6. The zero-order valence-electron chi connectivity index (χ0n) is 44.2. The van der Waals surface area contributed by atoms with Crippen LogP contribution in [0.2, 0.25) is 0 Å². The van der Waals surface area contributed by atoms with Crippen LogP contribution in [0.15, 0.2) is 174 Å². The molecule has 8 rings (SSSR count). The van der Waals surface area contributed by atoms with Gasteiger partial charge in [0.15, 0.2) is 11.5 Å². The van der Waals surface area contributed by atoms with Crippen LogP contribution in [0.1, 0.15) is 22.3 Å². The quantitative estimate of drug-likeness (QED) is 0.00980. The van der Waals surface area contributed by atoms with Gasteiger partial charge >= 0.3 is 0 Å². The highest BCUT2D eigenvalue weighted by Crippen LogP contribution is 2.46. The molecule has 8 aromatic rings. The second-order valence-corrected chi connectivity index (χ2v) is 29.5. The number of aromatic hydroxyl groups is 2. The average molecular weight is 1410 g/mol. The van der Waals surface area contributed by atoms with Gasteiger partial charge in [0.05, 0.1) is 22.7 Å². The van der Waals surface area contributed by atoms with Gasteiger partial charge in [0.25, 0.3) is 80.9 Å². The fraction of sp³-hybridized carbons (Fsp3) is 0. The Balaban J connectivity index is 1.09. The van der Waals surface area contributed by atoms with Crippen molar-refractivity contribution in [3.8, 4) is 11.5 Å². The van der Waals surface area contributed by atoms with Crippen molar-refractivity contribution < 1.29 is 119 Å². The molecule has 0 heterocycles. The van der Waals surface area contributed by atoms with Crippen molar-refractivity contribution in [2.75, 3.05) is 11.5 Å². The van der Waals surface area contributed by atoms with Crippen molar-refractivity contribution in [1.82, 2.24) is 0 Å². The number of hydrogen-bond donors (Lipinski definition) is 12. The molecule has 0 aliphatic rings. The fourth-order valence-corrected chi connectivity index (χ4v) is 14.3. The van der Waals surface area contributed by atoms with E-state index in [1.165, 1.54) is 0 Å². The number of benzene rings is 8. The van der Waals surface area contributed by atoms with E-state index in [-0.39, 0.29) is 4.86 Å². The molecule has 0 spiro atoms. The summed E-state index contributed by atoms with van der Waals surface area (Å²) >= 11 is 0. The van der Waals surface area contributed by atoms with Crippen LogP contribution in [0.3, 0.4) is 0 Å². The molecule has 91 heavy (non-hydrogen) atoms. The Hall–Kier alpha value is -9.16. The van der Waals surface area contributed by atoms with Crippen LogP contribution in [-0.2, 0) is 80.9 Å². The number of nitrogens with two attached hydrogens (primary N) is 2. The van der Waals surface area contributed by atoms with E-state index in [2.05, 4.69) is 25.6 Å². The standard InChI is InChI=1S/C48H36N8O27S8/c49-35-15-13-31-33(47(35)90(78,79)80)21-41(88(72,73)74)43(45(31)57)53-51-27-9-5-23(37(17-27)84(60,61)62)1-2-25-7-11-29(19-39(25)86(66,67)68)55-56(59)30-12-8-26(40(20-30)87(69,70)71)4-3-24-6-10-28(18-38(24)85(63,64)65)52-54-44-42(89(75,76)77)22-34-32(46(44)58)14-16-36(50)48(34)91(81,82)83/h1-22,57-58H,49-50H2,(H,60,61,62)(H,63,64,65)(H,66,67,68)(H,69,70,71)(H,72,73,74)(H,75,76,77)(H,78,79,80)(H,81,82,83)/b2-1+,4-3+,53-51?,54-52?,56-55?. The highest BCUT2D eigenvalue weighted by molar-refractivity contribution is 7.88. The Morgan fingerprint density at radius 3 is 0.956 bits per heavy atom. The zero-order valence-corrected chi connectivity index (χ0v) is 50.8. The molecule has 0 saturated heterocycles. The van der Waals surface area contributed by atoms with Gasteiger partial charge in [-0.25, -0.2) is 0 Å². The first kappa shape index (κ1) is 67.8. The minimum absolute atomic E-state index is 0.286. The first-order valence-electron chi connectivity index (χ1n) is 23.7. The van der Waals surface area contributed by atoms with Gasteiger partial charge in [-0.15, -0.1) is 10.2 Å². The van der Waals surface area contributed by atoms with Crippen molar-refractivity contribution in [1.29, 1.82) is 0 Å². The first-order valence-corrected chi connectivity index (χ1v) is 35.2. The van der Waals surface area contributed by atoms with E-state index in [0.717, 1.165) is 97.1 Å². The monoisotopic (exact) mass is 1410 g/mol. The van der Waals surface area contributed by atoms with Gasteiger partial charge in [-0.2, -0.15) is 77.6 Å². The van der Waals surface area contributed by atoms with Gasteiger partial charge in [-0.1, -0.05) is 47.4 Å². The predicted molar refractivity (Wildman–Crippen MR) is 316 cm³/mol. The van der Waals surface area contributed by atoms with Crippen LogP contribution >= 0.6 is 0 Å². The second-order valence-electron chi connectivity index (χ2n) is 18.4. The number of nitrogen functional groups attached to an aromatic ring is 2. The van der Waals surface area contributed by atoms with Crippen LogP contribution in [0.5, 0.6) is 11.5 Å². The summed E-state index contributed by atoms with van der Waals surface area (Å²) in [6.45, 7) is 0. The largest absolute Gasteiger partial charge is 0.594 e. The summed E-state index contributed by atoms with van der Waals surface area (Å²) in [7, 11) is -42.4. The van der Waals surface area contributed by atoms with E-state index in [0.29, 0.717) is 36.4 Å². The Kier molecular flexibility index (Phi) is 17.8. The molecule has 478 valence electrons. The highest BCUT2D eigenvalue weighted by Gasteiger charge is 2.30. The molecular weight excluding hydrogens is 1380 g/mol. The molecule has 0 bridgehead atoms. The van der Waals surface area contributed by atoms with Crippen molar-refractivity contribution in [3.05, 3.63) is 137 Å². The van der Waals surface area contributed by atoms with E-state index >= 15 is 0 Å². The van der Waals surface area contributed by atoms with Crippen molar-refractivity contribution in [2.45, 2.75) is 39.2 Å². The van der Waals surface area contributed by atoms with Gasteiger partial charge in [0.1, 0.15) is 56.2 Å². The maximum Gasteiger partial charge on any atom is 0.297 e. The Labute approximate surface area is 512 Å². The molecule has 0 saturated carbocycles. The third-order valence-corrected chi connectivity index (χ3v) is 19.8. The van der Waals surface area contributed by atoms with Crippen molar-refractivity contribution in [3.63, 3.8) is 0 Å². The Bertz CT molecular complexity index is 5650. The summed E-state index contributed by atoms with van der Waals surface area (Å²) in [6.07, 6.45) is 3.50. The average Bonchev–Trinajstić information content (AvgIpc) is 0.758. The molecule has 0 fully saturated rings. The smallest absolute Gasteiger partial charge is 0.297 e. The minimum Gasteiger partial charge on any atom is -0.594 e. The van der Waals surface area contributed by atoms with Crippen LogP contribution < -0.4 is 11.5 Å². The number of phenolic OH excluding ortho intramolecular Hbond substituents is 2. The summed E-state index contributed by atoms with van der Waals surface area (Å²) in [5, 5.41) is 51.2. The van der Waals surface area contributed by atoms with Gasteiger partial charge in [0.2, 0.25) is 5.69 Å². The third-order valence-electron chi connectivity index (χ3n) is 12.4. The van der Waals surface area contributed by atoms with Crippen LogP contribution in [0.4, 0.5) is 45.5 Å². The molecule has 0 radical (unpaired) electrons. The lowest BCUT2D eigenvalue weighted by Crippen LogP contribution is -2.06. The molecule has 0 unspecified atom stereocenters. The number of azo groups is 3. The highest BCUT2D eigenvalue weighted by atomic mass is 32.2. The van der Waals surface area contributed by atoms with Crippen LogP contribution in [0, 0.1) is 5.21 Å². The third kappa shape index (κ3) is 14.7. The van der Waals surface area contributed by atoms with E-state index in [4.69, 9.17) is 11.5 Å². The molecule has 14 N–H and O–H groups in total. The molecular formula is C48H36N8O27S8. The van der Waals surface area contributed by atoms with Gasteiger partial charge in [-0.05, 0) is 101 Å². The second kappa shape index (κ2) is 23.9. The van der Waals surface area contributed by atoms with Crippen LogP contribution in [-0.4, -0.2) is 119 Å². The number of nitrogens with zero attached hydrogens (tertiary/aromatic N) is 6. The van der Waals surface area contributed by atoms with E-state index in [9.17, 15) is 119 Å². The molecule has 35 nitrogen and oxygen atoms in total. The summed E-state index contributed by atoms with van der Waals surface area (Å²) in [4.78, 5) is -8.99. The lowest BCUT2D eigenvalue weighted by atomic mass is 10.1. The zero-order chi connectivity index (χ0) is 67.7. The van der Waals surface area contributed by atoms with Gasteiger partial charge in [0, 0.05) is 38.8 Å². The summed E-state index contributed by atoms with van der Waals surface area (Å²) in [6, 6.07) is 14.7. The molecule has 8 aromatic carbocycles. The van der Waals surface area contributed by atoms with Crippen LogP contribution in [0.25, 0.3) is 45.8 Å². The maximum atomic E-state index is 13.4. The lowest BCUT2D eigenvalue weighted by molar-refractivity contribution is -0.435. The van der Waals surface area contributed by atoms with Crippen molar-refractivity contribution >= 4 is 172 Å². The van der Waals surface area contributed by atoms with Gasteiger partial charge in [-0.3, -0.25) is 36.4 Å². The summed E-state index contributed by atoms with van der Waals surface area (Å²) in [5.74, 6) is -2.28. The number of rotatable bonds is 18. The molecule has 0 atom stereocenters. The number of phenols is 2. The van der Waals surface area contributed by atoms with E-state index in [1.54, 1.807) is 0 Å². The summed E-state index contributed by atoms with van der Waals surface area (Å²) in [5.41, 5.74) is 3.91. The topological polar surface area (TPSA) is 615 Å². The number of fused-ring (bicyclic) bond motifs is 2. The number of anilines is 2. The molecule has 0 aliphatic carbocycles. The molecule has 0 aromatic heterocycles. The first-order chi connectivity index (χ1) is 41.7. The molecule has 0 aliphatic heterocycles. The SMILES string of the molecule is Nc1ccc2c(O)c(N=Nc3ccc(/C=C/c4ccc(N=[N+]([O-])c5ccc(/C=C/c6ccc(N=Nc7c(S(=O)(=O)O)cc8c(S(=O)(=O)O)c(N)ccc8c7O)cc6S(=O)(=O)O)c(S(=O)(=O)O)c5)cc4S(=O)(=O)O)c(S(=O)(=O)O)c3)c(S(=O)(=O)O)cc2c1S(=O)(=O)O. The Morgan fingerprint density at radius 2 is 0.637 bits per heavy atom. The maximum absolute atomic E-state index is 13.4. The van der Waals surface area contributed by atoms with Gasteiger partial charge < -0.3 is 26.9 Å². The molecule has 43 heteroatoms. The Morgan fingerprint density at radius 1 is 0.341 bits per heavy atom. The lowest BCUT2D eigenvalue weighted by Gasteiger charge is -2.12. The van der Waals surface area contributed by atoms with E-state index < -0.39 is 221 Å². The summed E-state index contributed by atoms with van der Waals surface area (Å²) < 4.78 is 279. The molecule has 0 amide bonds.